The molecule has 0 saturated carbocycles. The van der Waals surface area contributed by atoms with Gasteiger partial charge in [-0.3, -0.25) is 4.98 Å². The Bertz CT molecular complexity index is 572. The maximum Gasteiger partial charge on any atom is 0.138 e. The third-order valence-electron chi connectivity index (χ3n) is 3.00. The van der Waals surface area contributed by atoms with Gasteiger partial charge in [0.2, 0.25) is 0 Å². The number of nitrogens with zero attached hydrogens (tertiary/aromatic N) is 3. The molecule has 1 N–H and O–H groups in total. The van der Waals surface area contributed by atoms with Crippen LogP contribution in [-0.4, -0.2) is 28.6 Å². The smallest absolute Gasteiger partial charge is 0.138 e. The Labute approximate surface area is 119 Å². The van der Waals surface area contributed by atoms with E-state index in [1.54, 1.807) is 18.7 Å². The number of hydrogen-bond donors (Lipinski definition) is 1. The van der Waals surface area contributed by atoms with Gasteiger partial charge in [-0.2, -0.15) is 0 Å². The van der Waals surface area contributed by atoms with Crippen LogP contribution in [0.1, 0.15) is 25.8 Å². The standard InChI is InChI=1S/C15H20N4O/c1-4-6-20-12-7-11(8-17-9-12)14-13(5-2)15(16-3)19-10-18-14/h7-10H,4-6H2,1-3H3,(H,16,18,19). The molecule has 2 heterocycles. The molecule has 0 aliphatic carbocycles. The molecule has 20 heavy (non-hydrogen) atoms. The molecule has 2 aromatic heterocycles. The zero-order valence-electron chi connectivity index (χ0n) is 12.2. The van der Waals surface area contributed by atoms with Crippen LogP contribution in [0.5, 0.6) is 5.75 Å². The topological polar surface area (TPSA) is 59.9 Å². The van der Waals surface area contributed by atoms with Crippen LogP contribution in [0.15, 0.2) is 24.8 Å². The summed E-state index contributed by atoms with van der Waals surface area (Å²) in [6.45, 7) is 4.86. The Balaban J connectivity index is 2.40. The minimum Gasteiger partial charge on any atom is -0.492 e. The van der Waals surface area contributed by atoms with Crippen LogP contribution >= 0.6 is 0 Å². The third-order valence-corrected chi connectivity index (χ3v) is 3.00. The fraction of sp³-hybridized carbons (Fsp3) is 0.400. The lowest BCUT2D eigenvalue weighted by Crippen LogP contribution is -2.02. The Kier molecular flexibility index (Phi) is 4.87. The summed E-state index contributed by atoms with van der Waals surface area (Å²) in [7, 11) is 1.87. The summed E-state index contributed by atoms with van der Waals surface area (Å²) >= 11 is 0. The number of nitrogens with one attached hydrogen (secondary N) is 1. The highest BCUT2D eigenvalue weighted by atomic mass is 16.5. The van der Waals surface area contributed by atoms with Gasteiger partial charge in [0.25, 0.3) is 0 Å². The first-order valence-corrected chi connectivity index (χ1v) is 6.90. The minimum absolute atomic E-state index is 0.692. The van der Waals surface area contributed by atoms with E-state index in [4.69, 9.17) is 4.74 Å². The van der Waals surface area contributed by atoms with Crippen molar-refractivity contribution in [3.8, 4) is 17.0 Å². The van der Waals surface area contributed by atoms with E-state index in [-0.39, 0.29) is 0 Å². The SMILES string of the molecule is CCCOc1cncc(-c2ncnc(NC)c2CC)c1. The lowest BCUT2D eigenvalue weighted by atomic mass is 10.1. The summed E-state index contributed by atoms with van der Waals surface area (Å²) in [5, 5.41) is 3.10. The van der Waals surface area contributed by atoms with Crippen LogP contribution in [0, 0.1) is 0 Å². The van der Waals surface area contributed by atoms with E-state index in [0.29, 0.717) is 6.61 Å². The number of anilines is 1. The largest absolute Gasteiger partial charge is 0.492 e. The highest BCUT2D eigenvalue weighted by molar-refractivity contribution is 5.68. The molecule has 0 saturated heterocycles. The minimum atomic E-state index is 0.692. The van der Waals surface area contributed by atoms with Gasteiger partial charge in [-0.05, 0) is 18.9 Å². The Hall–Kier alpha value is -2.17. The van der Waals surface area contributed by atoms with E-state index in [9.17, 15) is 0 Å². The quantitative estimate of drug-likeness (QED) is 0.876. The van der Waals surface area contributed by atoms with Gasteiger partial charge in [0, 0.05) is 24.4 Å². The van der Waals surface area contributed by atoms with Crippen molar-refractivity contribution in [2.24, 2.45) is 0 Å². The lowest BCUT2D eigenvalue weighted by Gasteiger charge is -2.12. The fourth-order valence-electron chi connectivity index (χ4n) is 2.06. The van der Waals surface area contributed by atoms with E-state index in [1.807, 2.05) is 13.1 Å². The predicted octanol–water partition coefficient (Wildman–Crippen LogP) is 2.93. The van der Waals surface area contributed by atoms with Gasteiger partial charge in [-0.1, -0.05) is 13.8 Å². The molecule has 2 rings (SSSR count). The first kappa shape index (κ1) is 14.2. The summed E-state index contributed by atoms with van der Waals surface area (Å²) in [5.74, 6) is 1.63. The average Bonchev–Trinajstić information content (AvgIpc) is 2.52. The first-order chi connectivity index (χ1) is 9.80. The number of aromatic nitrogens is 3. The molecule has 0 spiro atoms. The zero-order chi connectivity index (χ0) is 14.4. The van der Waals surface area contributed by atoms with Crippen molar-refractivity contribution in [1.82, 2.24) is 15.0 Å². The second-order valence-corrected chi connectivity index (χ2v) is 4.41. The first-order valence-electron chi connectivity index (χ1n) is 6.90. The van der Waals surface area contributed by atoms with Gasteiger partial charge in [0.05, 0.1) is 18.5 Å². The van der Waals surface area contributed by atoms with Crippen molar-refractivity contribution in [3.63, 3.8) is 0 Å². The van der Waals surface area contributed by atoms with Crippen molar-refractivity contribution < 1.29 is 4.74 Å². The van der Waals surface area contributed by atoms with Crippen molar-refractivity contribution >= 4 is 5.82 Å². The number of ether oxygens (including phenoxy) is 1. The molecule has 0 atom stereocenters. The molecule has 106 valence electrons. The molecule has 0 amide bonds. The highest BCUT2D eigenvalue weighted by Gasteiger charge is 2.11. The summed E-state index contributed by atoms with van der Waals surface area (Å²) in [6, 6.07) is 1.98. The molecule has 0 bridgehead atoms. The van der Waals surface area contributed by atoms with Crippen LogP contribution in [0.4, 0.5) is 5.82 Å². The molecule has 0 radical (unpaired) electrons. The molecule has 5 heteroatoms. The monoisotopic (exact) mass is 272 g/mol. The van der Waals surface area contributed by atoms with Crippen molar-refractivity contribution in [1.29, 1.82) is 0 Å². The van der Waals surface area contributed by atoms with Crippen LogP contribution in [0.25, 0.3) is 11.3 Å². The summed E-state index contributed by atoms with van der Waals surface area (Å²) in [5.41, 5.74) is 2.94. The van der Waals surface area contributed by atoms with Crippen LogP contribution in [0.2, 0.25) is 0 Å². The normalized spacial score (nSPS) is 10.3. The molecular weight excluding hydrogens is 252 g/mol. The van der Waals surface area contributed by atoms with E-state index in [2.05, 4.69) is 34.1 Å². The predicted molar refractivity (Wildman–Crippen MR) is 80.0 cm³/mol. The number of hydrogen-bond acceptors (Lipinski definition) is 5. The molecule has 0 fully saturated rings. The molecule has 0 aromatic carbocycles. The summed E-state index contributed by atoms with van der Waals surface area (Å²) < 4.78 is 5.63. The Morgan fingerprint density at radius 1 is 1.20 bits per heavy atom. The van der Waals surface area contributed by atoms with E-state index in [1.165, 1.54) is 0 Å². The lowest BCUT2D eigenvalue weighted by molar-refractivity contribution is 0.316. The molecule has 5 nitrogen and oxygen atoms in total. The van der Waals surface area contributed by atoms with E-state index in [0.717, 1.165) is 41.2 Å². The molecule has 0 unspecified atom stereocenters. The summed E-state index contributed by atoms with van der Waals surface area (Å²) in [6.07, 6.45) is 6.93. The Morgan fingerprint density at radius 3 is 2.75 bits per heavy atom. The average molecular weight is 272 g/mol. The van der Waals surface area contributed by atoms with Gasteiger partial charge < -0.3 is 10.1 Å². The molecular formula is C15H20N4O. The fourth-order valence-corrected chi connectivity index (χ4v) is 2.06. The number of pyridine rings is 1. The third kappa shape index (κ3) is 3.04. The zero-order valence-corrected chi connectivity index (χ0v) is 12.2. The Morgan fingerprint density at radius 2 is 2.05 bits per heavy atom. The molecule has 0 aliphatic heterocycles. The second kappa shape index (κ2) is 6.84. The van der Waals surface area contributed by atoms with Gasteiger partial charge in [0.1, 0.15) is 17.9 Å². The van der Waals surface area contributed by atoms with Gasteiger partial charge in [-0.15, -0.1) is 0 Å². The van der Waals surface area contributed by atoms with Crippen molar-refractivity contribution in [3.05, 3.63) is 30.4 Å². The van der Waals surface area contributed by atoms with Crippen molar-refractivity contribution in [2.75, 3.05) is 19.0 Å². The van der Waals surface area contributed by atoms with Crippen molar-refractivity contribution in [2.45, 2.75) is 26.7 Å². The second-order valence-electron chi connectivity index (χ2n) is 4.41. The van der Waals surface area contributed by atoms with Gasteiger partial charge >= 0.3 is 0 Å². The number of rotatable bonds is 6. The van der Waals surface area contributed by atoms with Crippen LogP contribution < -0.4 is 10.1 Å². The summed E-state index contributed by atoms with van der Waals surface area (Å²) in [4.78, 5) is 12.9. The maximum absolute atomic E-state index is 5.63. The molecule has 0 aliphatic rings. The van der Waals surface area contributed by atoms with E-state index < -0.39 is 0 Å². The molecule has 2 aromatic rings. The van der Waals surface area contributed by atoms with E-state index >= 15 is 0 Å². The van der Waals surface area contributed by atoms with Crippen LogP contribution in [-0.2, 0) is 6.42 Å². The van der Waals surface area contributed by atoms with Gasteiger partial charge in [0.15, 0.2) is 0 Å². The maximum atomic E-state index is 5.63. The highest BCUT2D eigenvalue weighted by Crippen LogP contribution is 2.27. The van der Waals surface area contributed by atoms with Gasteiger partial charge in [-0.25, -0.2) is 9.97 Å². The van der Waals surface area contributed by atoms with Crippen LogP contribution in [0.3, 0.4) is 0 Å².